The second-order valence-corrected chi connectivity index (χ2v) is 6.40. The fourth-order valence-corrected chi connectivity index (χ4v) is 3.53. The summed E-state index contributed by atoms with van der Waals surface area (Å²) >= 11 is 0. The summed E-state index contributed by atoms with van der Waals surface area (Å²) in [5.74, 6) is 0. The maximum atomic E-state index is 12.5. The molecule has 1 aromatic rings. The van der Waals surface area contributed by atoms with Gasteiger partial charge in [0.05, 0.1) is 0 Å². The van der Waals surface area contributed by atoms with Crippen LogP contribution in [0.25, 0.3) is 0 Å². The molecular formula is C13H23N3O2S. The predicted octanol–water partition coefficient (Wildman–Crippen LogP) is 1.33. The van der Waals surface area contributed by atoms with Crippen molar-refractivity contribution in [3.05, 3.63) is 30.6 Å². The van der Waals surface area contributed by atoms with Gasteiger partial charge < -0.3 is 9.88 Å². The Morgan fingerprint density at radius 1 is 1.53 bits per heavy atom. The summed E-state index contributed by atoms with van der Waals surface area (Å²) in [5, 5.41) is 3.02. The third-order valence-corrected chi connectivity index (χ3v) is 4.71. The maximum Gasteiger partial charge on any atom is 0.244 e. The first-order valence-corrected chi connectivity index (χ1v) is 7.82. The van der Waals surface area contributed by atoms with Gasteiger partial charge in [0.15, 0.2) is 0 Å². The highest BCUT2D eigenvalue weighted by Crippen LogP contribution is 2.18. The molecule has 0 bridgehead atoms. The molecule has 1 aromatic heterocycles. The van der Waals surface area contributed by atoms with Crippen molar-refractivity contribution in [2.75, 3.05) is 20.1 Å². The fourth-order valence-electron chi connectivity index (χ4n) is 1.93. The first kappa shape index (κ1) is 15.9. The minimum atomic E-state index is -3.43. The zero-order chi connectivity index (χ0) is 14.5. The highest BCUT2D eigenvalue weighted by atomic mass is 32.2. The highest BCUT2D eigenvalue weighted by molar-refractivity contribution is 7.89. The molecule has 0 aliphatic rings. The monoisotopic (exact) mass is 285 g/mol. The lowest BCUT2D eigenvalue weighted by atomic mass is 10.4. The standard InChI is InChI=1S/C13H23N3O2S/c1-5-7-16(8-6-2)19(17,18)13-9-12(10-14-3)15(4)11-13/h5,9,11,14H,1,6-8,10H2,2-4H3. The topological polar surface area (TPSA) is 54.3 Å². The zero-order valence-electron chi connectivity index (χ0n) is 11.9. The Bertz CT molecular complexity index is 520. The molecule has 0 aliphatic carbocycles. The minimum Gasteiger partial charge on any atom is -0.352 e. The Morgan fingerprint density at radius 3 is 2.74 bits per heavy atom. The van der Waals surface area contributed by atoms with Crippen molar-refractivity contribution in [1.29, 1.82) is 0 Å². The molecule has 0 unspecified atom stereocenters. The van der Waals surface area contributed by atoms with Gasteiger partial charge in [-0.05, 0) is 19.5 Å². The molecular weight excluding hydrogens is 262 g/mol. The van der Waals surface area contributed by atoms with E-state index < -0.39 is 10.0 Å². The summed E-state index contributed by atoms with van der Waals surface area (Å²) < 4.78 is 28.3. The third-order valence-electron chi connectivity index (χ3n) is 2.88. The Labute approximate surface area is 116 Å². The molecule has 0 aliphatic heterocycles. The second-order valence-electron chi connectivity index (χ2n) is 4.46. The van der Waals surface area contributed by atoms with Crippen LogP contribution in [0.3, 0.4) is 0 Å². The van der Waals surface area contributed by atoms with Gasteiger partial charge in [-0.15, -0.1) is 6.58 Å². The van der Waals surface area contributed by atoms with Gasteiger partial charge in [-0.25, -0.2) is 8.42 Å². The summed E-state index contributed by atoms with van der Waals surface area (Å²) in [6, 6.07) is 1.72. The molecule has 1 N–H and O–H groups in total. The van der Waals surface area contributed by atoms with Crippen molar-refractivity contribution in [2.45, 2.75) is 24.8 Å². The van der Waals surface area contributed by atoms with Crippen LogP contribution in [0, 0.1) is 0 Å². The number of aryl methyl sites for hydroxylation is 1. The fraction of sp³-hybridized carbons (Fsp3) is 0.538. The number of rotatable bonds is 8. The summed E-state index contributed by atoms with van der Waals surface area (Å²) in [7, 11) is 0.254. The van der Waals surface area contributed by atoms with Crippen molar-refractivity contribution in [3.63, 3.8) is 0 Å². The number of aromatic nitrogens is 1. The van der Waals surface area contributed by atoms with Gasteiger partial charge in [-0.1, -0.05) is 13.0 Å². The lowest BCUT2D eigenvalue weighted by Gasteiger charge is -2.18. The molecule has 0 fully saturated rings. The number of hydrogen-bond donors (Lipinski definition) is 1. The first-order valence-electron chi connectivity index (χ1n) is 6.38. The van der Waals surface area contributed by atoms with Crippen LogP contribution in [0.4, 0.5) is 0 Å². The second kappa shape index (κ2) is 6.88. The SMILES string of the molecule is C=CCN(CCC)S(=O)(=O)c1cc(CNC)n(C)c1. The van der Waals surface area contributed by atoms with E-state index in [-0.39, 0.29) is 0 Å². The quantitative estimate of drug-likeness (QED) is 0.733. The molecule has 1 rings (SSSR count). The number of hydrogen-bond acceptors (Lipinski definition) is 3. The van der Waals surface area contributed by atoms with E-state index in [0.29, 0.717) is 24.5 Å². The molecule has 0 spiro atoms. The highest BCUT2D eigenvalue weighted by Gasteiger charge is 2.24. The van der Waals surface area contributed by atoms with E-state index in [1.54, 1.807) is 18.3 Å². The van der Waals surface area contributed by atoms with Gasteiger partial charge in [0, 0.05) is 38.6 Å². The number of nitrogens with one attached hydrogen (secondary N) is 1. The minimum absolute atomic E-state index is 0.340. The molecule has 0 aromatic carbocycles. The zero-order valence-corrected chi connectivity index (χ0v) is 12.7. The molecule has 0 atom stereocenters. The maximum absolute atomic E-state index is 12.5. The smallest absolute Gasteiger partial charge is 0.244 e. The largest absolute Gasteiger partial charge is 0.352 e. The molecule has 0 amide bonds. The lowest BCUT2D eigenvalue weighted by molar-refractivity contribution is 0.441. The van der Waals surface area contributed by atoms with Crippen LogP contribution >= 0.6 is 0 Å². The molecule has 5 nitrogen and oxygen atoms in total. The van der Waals surface area contributed by atoms with Crippen LogP contribution in [-0.4, -0.2) is 37.4 Å². The molecule has 0 saturated carbocycles. The van der Waals surface area contributed by atoms with Gasteiger partial charge in [-0.3, -0.25) is 0 Å². The van der Waals surface area contributed by atoms with Gasteiger partial charge in [-0.2, -0.15) is 4.31 Å². The van der Waals surface area contributed by atoms with E-state index in [0.717, 1.165) is 12.1 Å². The Morgan fingerprint density at radius 2 is 2.21 bits per heavy atom. The van der Waals surface area contributed by atoms with Crippen molar-refractivity contribution < 1.29 is 8.42 Å². The van der Waals surface area contributed by atoms with Gasteiger partial charge in [0.2, 0.25) is 10.0 Å². The summed E-state index contributed by atoms with van der Waals surface area (Å²) in [6.45, 7) is 7.07. The Balaban J connectivity index is 3.10. The van der Waals surface area contributed by atoms with Gasteiger partial charge >= 0.3 is 0 Å². The average molecular weight is 285 g/mol. The molecule has 6 heteroatoms. The van der Waals surface area contributed by atoms with E-state index in [2.05, 4.69) is 11.9 Å². The van der Waals surface area contributed by atoms with Crippen molar-refractivity contribution in [3.8, 4) is 0 Å². The Hall–Kier alpha value is -1.11. The van der Waals surface area contributed by atoms with Crippen molar-refractivity contribution >= 4 is 10.0 Å². The molecule has 1 heterocycles. The molecule has 108 valence electrons. The van der Waals surface area contributed by atoms with Crippen LogP contribution < -0.4 is 5.32 Å². The normalized spacial score (nSPS) is 12.0. The lowest BCUT2D eigenvalue weighted by Crippen LogP contribution is -2.31. The molecule has 19 heavy (non-hydrogen) atoms. The number of sulfonamides is 1. The van der Waals surface area contributed by atoms with Gasteiger partial charge in [0.1, 0.15) is 4.90 Å². The van der Waals surface area contributed by atoms with Crippen LogP contribution in [0.15, 0.2) is 29.8 Å². The van der Waals surface area contributed by atoms with Crippen LogP contribution in [0.2, 0.25) is 0 Å². The van der Waals surface area contributed by atoms with Crippen molar-refractivity contribution in [1.82, 2.24) is 14.2 Å². The van der Waals surface area contributed by atoms with E-state index in [4.69, 9.17) is 0 Å². The van der Waals surface area contributed by atoms with E-state index in [1.807, 2.05) is 25.6 Å². The predicted molar refractivity (Wildman–Crippen MR) is 77.4 cm³/mol. The van der Waals surface area contributed by atoms with Crippen LogP contribution in [0.1, 0.15) is 19.0 Å². The van der Waals surface area contributed by atoms with E-state index in [1.165, 1.54) is 4.31 Å². The average Bonchev–Trinajstić information content (AvgIpc) is 2.72. The van der Waals surface area contributed by atoms with E-state index >= 15 is 0 Å². The Kier molecular flexibility index (Phi) is 5.78. The molecule has 0 saturated heterocycles. The number of nitrogens with zero attached hydrogens (tertiary/aromatic N) is 2. The van der Waals surface area contributed by atoms with Crippen LogP contribution in [-0.2, 0) is 23.6 Å². The van der Waals surface area contributed by atoms with Crippen molar-refractivity contribution in [2.24, 2.45) is 7.05 Å². The third kappa shape index (κ3) is 3.68. The summed E-state index contributed by atoms with van der Waals surface area (Å²) in [4.78, 5) is 0.343. The van der Waals surface area contributed by atoms with Gasteiger partial charge in [0.25, 0.3) is 0 Å². The summed E-state index contributed by atoms with van der Waals surface area (Å²) in [5.41, 5.74) is 0.941. The summed E-state index contributed by atoms with van der Waals surface area (Å²) in [6.07, 6.45) is 4.06. The first-order chi connectivity index (χ1) is 8.97. The van der Waals surface area contributed by atoms with E-state index in [9.17, 15) is 8.42 Å². The molecule has 0 radical (unpaired) electrons. The van der Waals surface area contributed by atoms with Crippen LogP contribution in [0.5, 0.6) is 0 Å².